The molecule has 2 heterocycles. The number of fused-ring (bicyclic) bond motifs is 1. The number of nitrogens with zero attached hydrogens (tertiary/aromatic N) is 2. The van der Waals surface area contributed by atoms with E-state index in [2.05, 4.69) is 10.3 Å². The van der Waals surface area contributed by atoms with E-state index in [4.69, 9.17) is 4.42 Å². The first-order valence-corrected chi connectivity index (χ1v) is 6.52. The first-order chi connectivity index (χ1) is 10.2. The Morgan fingerprint density at radius 2 is 2.10 bits per heavy atom. The summed E-state index contributed by atoms with van der Waals surface area (Å²) in [7, 11) is 0. The van der Waals surface area contributed by atoms with Gasteiger partial charge in [-0.25, -0.2) is 4.79 Å². The quantitative estimate of drug-likeness (QED) is 0.794. The lowest BCUT2D eigenvalue weighted by atomic mass is 10.3. The summed E-state index contributed by atoms with van der Waals surface area (Å²) in [5, 5.41) is 2.72. The number of carbonyl (C=O) groups is 1. The van der Waals surface area contributed by atoms with Gasteiger partial charge >= 0.3 is 5.76 Å². The number of hydrogen-bond acceptors (Lipinski definition) is 4. The number of rotatable bonds is 4. The Bertz CT molecular complexity index is 821. The number of amides is 1. The lowest BCUT2D eigenvalue weighted by molar-refractivity contribution is -0.116. The number of anilines is 1. The van der Waals surface area contributed by atoms with E-state index in [1.54, 1.807) is 42.7 Å². The summed E-state index contributed by atoms with van der Waals surface area (Å²) in [5.74, 6) is -0.634. The van der Waals surface area contributed by atoms with E-state index in [9.17, 15) is 9.59 Å². The zero-order chi connectivity index (χ0) is 14.7. The normalized spacial score (nSPS) is 10.7. The van der Waals surface area contributed by atoms with Gasteiger partial charge in [0.25, 0.3) is 0 Å². The Hall–Kier alpha value is -2.89. The number of aromatic nitrogens is 2. The molecule has 1 aromatic carbocycles. The highest BCUT2D eigenvalue weighted by atomic mass is 16.4. The number of nitrogens with one attached hydrogen (secondary N) is 1. The molecule has 0 aliphatic heterocycles. The molecule has 6 heteroatoms. The molecule has 0 saturated carbocycles. The first-order valence-electron chi connectivity index (χ1n) is 6.52. The van der Waals surface area contributed by atoms with Crippen molar-refractivity contribution in [1.29, 1.82) is 0 Å². The largest absolute Gasteiger partial charge is 0.419 e. The minimum absolute atomic E-state index is 0.179. The molecule has 0 saturated heterocycles. The summed E-state index contributed by atoms with van der Waals surface area (Å²) in [6.45, 7) is 0.266. The smallest absolute Gasteiger partial charge is 0.408 e. The highest BCUT2D eigenvalue weighted by molar-refractivity contribution is 5.90. The van der Waals surface area contributed by atoms with Gasteiger partial charge in [-0.2, -0.15) is 0 Å². The van der Waals surface area contributed by atoms with Crippen molar-refractivity contribution in [2.75, 3.05) is 5.32 Å². The number of hydrogen-bond donors (Lipinski definition) is 1. The molecule has 6 nitrogen and oxygen atoms in total. The average molecular weight is 283 g/mol. The van der Waals surface area contributed by atoms with Crippen LogP contribution in [0.2, 0.25) is 0 Å². The van der Waals surface area contributed by atoms with Gasteiger partial charge in [-0.05, 0) is 24.3 Å². The third kappa shape index (κ3) is 2.84. The van der Waals surface area contributed by atoms with Crippen molar-refractivity contribution < 1.29 is 9.21 Å². The second kappa shape index (κ2) is 5.62. The van der Waals surface area contributed by atoms with Crippen LogP contribution >= 0.6 is 0 Å². The summed E-state index contributed by atoms with van der Waals surface area (Å²) in [6, 6.07) is 10.6. The Labute approximate surface area is 120 Å². The predicted octanol–water partition coefficient (Wildman–Crippen LogP) is 2.02. The molecule has 106 valence electrons. The van der Waals surface area contributed by atoms with Gasteiger partial charge in [0, 0.05) is 19.2 Å². The van der Waals surface area contributed by atoms with E-state index in [-0.39, 0.29) is 18.9 Å². The lowest BCUT2D eigenvalue weighted by Crippen LogP contribution is -2.19. The van der Waals surface area contributed by atoms with E-state index in [1.807, 2.05) is 6.07 Å². The number of aryl methyl sites for hydroxylation is 1. The molecule has 0 atom stereocenters. The average Bonchev–Trinajstić information content (AvgIpc) is 2.81. The van der Waals surface area contributed by atoms with Crippen LogP contribution in [0.1, 0.15) is 6.42 Å². The fraction of sp³-hybridized carbons (Fsp3) is 0.133. The third-order valence-electron chi connectivity index (χ3n) is 3.08. The van der Waals surface area contributed by atoms with Crippen LogP contribution in [-0.2, 0) is 11.3 Å². The van der Waals surface area contributed by atoms with Crippen molar-refractivity contribution in [3.05, 3.63) is 59.3 Å². The zero-order valence-corrected chi connectivity index (χ0v) is 11.2. The molecule has 2 aromatic heterocycles. The van der Waals surface area contributed by atoms with Gasteiger partial charge in [-0.15, -0.1) is 0 Å². The fourth-order valence-electron chi connectivity index (χ4n) is 2.10. The summed E-state index contributed by atoms with van der Waals surface area (Å²) < 4.78 is 6.57. The Balaban J connectivity index is 1.71. The number of oxazole rings is 1. The topological polar surface area (TPSA) is 77.1 Å². The minimum Gasteiger partial charge on any atom is -0.408 e. The molecule has 1 N–H and O–H groups in total. The van der Waals surface area contributed by atoms with Gasteiger partial charge in [-0.1, -0.05) is 12.1 Å². The molecule has 0 spiro atoms. The van der Waals surface area contributed by atoms with Crippen LogP contribution in [0.15, 0.2) is 58.0 Å². The lowest BCUT2D eigenvalue weighted by Gasteiger charge is -2.05. The molecular weight excluding hydrogens is 270 g/mol. The van der Waals surface area contributed by atoms with Crippen molar-refractivity contribution in [2.45, 2.75) is 13.0 Å². The maximum atomic E-state index is 11.9. The van der Waals surface area contributed by atoms with Crippen LogP contribution in [0.25, 0.3) is 11.1 Å². The number of pyridine rings is 1. The summed E-state index contributed by atoms with van der Waals surface area (Å²) in [6.07, 6.45) is 3.38. The van der Waals surface area contributed by atoms with Crippen molar-refractivity contribution >= 4 is 22.7 Å². The molecule has 0 fully saturated rings. The molecule has 0 unspecified atom stereocenters. The predicted molar refractivity (Wildman–Crippen MR) is 78.0 cm³/mol. The van der Waals surface area contributed by atoms with Gasteiger partial charge in [0.15, 0.2) is 5.58 Å². The maximum Gasteiger partial charge on any atom is 0.419 e. The minimum atomic E-state index is -0.453. The van der Waals surface area contributed by atoms with Gasteiger partial charge in [0.2, 0.25) is 5.91 Å². The standard InChI is InChI=1S/C15H13N3O3/c19-14(17-11-4-3-8-16-10-11)7-9-18-12-5-1-2-6-13(12)21-15(18)20/h1-6,8,10H,7,9H2,(H,17,19). The van der Waals surface area contributed by atoms with E-state index in [0.717, 1.165) is 0 Å². The molecule has 21 heavy (non-hydrogen) atoms. The molecule has 3 rings (SSSR count). The molecule has 0 aliphatic rings. The Kier molecular flexibility index (Phi) is 3.51. The van der Waals surface area contributed by atoms with Gasteiger partial charge in [0.1, 0.15) is 0 Å². The van der Waals surface area contributed by atoms with Crippen molar-refractivity contribution in [3.8, 4) is 0 Å². The van der Waals surface area contributed by atoms with E-state index in [0.29, 0.717) is 16.8 Å². The molecule has 1 amide bonds. The van der Waals surface area contributed by atoms with Gasteiger partial charge < -0.3 is 9.73 Å². The van der Waals surface area contributed by atoms with E-state index >= 15 is 0 Å². The van der Waals surface area contributed by atoms with E-state index < -0.39 is 5.76 Å². The number of para-hydroxylation sites is 2. The van der Waals surface area contributed by atoms with Crippen LogP contribution < -0.4 is 11.1 Å². The summed E-state index contributed by atoms with van der Waals surface area (Å²) in [4.78, 5) is 27.6. The van der Waals surface area contributed by atoms with Gasteiger partial charge in [-0.3, -0.25) is 14.3 Å². The van der Waals surface area contributed by atoms with Crippen LogP contribution in [-0.4, -0.2) is 15.5 Å². The molecule has 0 bridgehead atoms. The fourth-order valence-corrected chi connectivity index (χ4v) is 2.10. The highest BCUT2D eigenvalue weighted by Crippen LogP contribution is 2.12. The molecular formula is C15H13N3O3. The number of benzene rings is 1. The SMILES string of the molecule is O=C(CCn1c(=O)oc2ccccc21)Nc1cccnc1. The first kappa shape index (κ1) is 13.1. The molecule has 0 aliphatic carbocycles. The molecule has 3 aromatic rings. The second-order valence-corrected chi connectivity index (χ2v) is 4.53. The number of carbonyl (C=O) groups excluding carboxylic acids is 1. The van der Waals surface area contributed by atoms with Crippen molar-refractivity contribution in [1.82, 2.24) is 9.55 Å². The van der Waals surface area contributed by atoms with Crippen molar-refractivity contribution in [2.24, 2.45) is 0 Å². The second-order valence-electron chi connectivity index (χ2n) is 4.53. The zero-order valence-electron chi connectivity index (χ0n) is 11.2. The van der Waals surface area contributed by atoms with Crippen molar-refractivity contribution in [3.63, 3.8) is 0 Å². The highest BCUT2D eigenvalue weighted by Gasteiger charge is 2.10. The van der Waals surface area contributed by atoms with Gasteiger partial charge in [0.05, 0.1) is 17.4 Å². The third-order valence-corrected chi connectivity index (χ3v) is 3.08. The summed E-state index contributed by atoms with van der Waals surface area (Å²) in [5.41, 5.74) is 1.85. The van der Waals surface area contributed by atoms with Crippen LogP contribution in [0, 0.1) is 0 Å². The van der Waals surface area contributed by atoms with Crippen LogP contribution in [0.3, 0.4) is 0 Å². The van der Waals surface area contributed by atoms with E-state index in [1.165, 1.54) is 4.57 Å². The molecule has 0 radical (unpaired) electrons. The van der Waals surface area contributed by atoms with Crippen LogP contribution in [0.5, 0.6) is 0 Å². The van der Waals surface area contributed by atoms with Crippen LogP contribution in [0.4, 0.5) is 5.69 Å². The monoisotopic (exact) mass is 283 g/mol. The maximum absolute atomic E-state index is 11.9. The Morgan fingerprint density at radius 1 is 1.24 bits per heavy atom. The Morgan fingerprint density at radius 3 is 2.90 bits per heavy atom. The summed E-state index contributed by atoms with van der Waals surface area (Å²) >= 11 is 0.